The molecule has 2 heteroatoms. The van der Waals surface area contributed by atoms with Crippen LogP contribution in [0.5, 0.6) is 0 Å². The second kappa shape index (κ2) is 12.7. The molecule has 1 aromatic carbocycles. The van der Waals surface area contributed by atoms with Crippen LogP contribution in [0, 0.1) is 11.8 Å². The molecule has 0 N–H and O–H groups in total. The molecule has 0 radical (unpaired) electrons. The first kappa shape index (κ1) is 21.4. The largest absolute Gasteiger partial charge is 0.162 e. The molecule has 0 unspecified atom stereocenters. The Morgan fingerprint density at radius 3 is 2.00 bits per heavy atom. The summed E-state index contributed by atoms with van der Waals surface area (Å²) in [6.45, 7) is 9.41. The van der Waals surface area contributed by atoms with Gasteiger partial charge in [-0.3, -0.25) is 0 Å². The Morgan fingerprint density at radius 1 is 0.833 bits per heavy atom. The molecule has 0 amide bonds. The molecule has 0 aliphatic heterocycles. The van der Waals surface area contributed by atoms with Crippen LogP contribution in [0.25, 0.3) is 0 Å². The molecule has 0 bridgehead atoms. The van der Waals surface area contributed by atoms with Crippen molar-refractivity contribution < 1.29 is 0 Å². The van der Waals surface area contributed by atoms with E-state index in [-0.39, 0.29) is 0 Å². The first-order chi connectivity index (χ1) is 11.5. The Bertz CT molecular complexity index is 487. The van der Waals surface area contributed by atoms with Crippen LogP contribution in [0.3, 0.4) is 0 Å². The number of benzene rings is 1. The van der Waals surface area contributed by atoms with Crippen molar-refractivity contribution in [1.29, 1.82) is 0 Å². The normalized spacial score (nSPS) is 11.2. The highest BCUT2D eigenvalue weighted by atomic mass is 32.2. The molecule has 0 saturated carbocycles. The lowest BCUT2D eigenvalue weighted by molar-refractivity contribution is 0.595. The lowest BCUT2D eigenvalue weighted by Gasteiger charge is -2.15. The van der Waals surface area contributed by atoms with E-state index in [1.165, 1.54) is 67.2 Å². The molecule has 0 spiro atoms. The third-order valence-corrected chi connectivity index (χ3v) is 7.33. The van der Waals surface area contributed by atoms with Gasteiger partial charge >= 0.3 is 0 Å². The Kier molecular flexibility index (Phi) is 11.3. The summed E-state index contributed by atoms with van der Waals surface area (Å²) in [4.78, 5) is 0. The van der Waals surface area contributed by atoms with Crippen LogP contribution >= 0.6 is 11.8 Å². The minimum atomic E-state index is -1.18. The second-order valence-electron chi connectivity index (χ2n) is 7.55. The van der Waals surface area contributed by atoms with Crippen molar-refractivity contribution in [2.45, 2.75) is 77.9 Å². The molecule has 1 aromatic rings. The van der Waals surface area contributed by atoms with Crippen LogP contribution in [0.15, 0.2) is 24.3 Å². The number of unbranched alkanes of at least 4 members (excludes halogenated alkanes) is 7. The van der Waals surface area contributed by atoms with Gasteiger partial charge in [0.1, 0.15) is 0 Å². The van der Waals surface area contributed by atoms with E-state index < -0.39 is 8.07 Å². The fraction of sp³-hybridized carbons (Fsp3) is 0.636. The van der Waals surface area contributed by atoms with Crippen molar-refractivity contribution in [3.8, 4) is 11.8 Å². The van der Waals surface area contributed by atoms with Gasteiger partial charge in [-0.1, -0.05) is 87.8 Å². The molecular formula is C22H36SSi. The Labute approximate surface area is 156 Å². The highest BCUT2D eigenvalue weighted by molar-refractivity contribution is 7.99. The van der Waals surface area contributed by atoms with Gasteiger partial charge in [-0.2, -0.15) is 11.8 Å². The summed E-state index contributed by atoms with van der Waals surface area (Å²) in [5, 5.41) is 1.52. The maximum Gasteiger partial charge on any atom is 0.0775 e. The summed E-state index contributed by atoms with van der Waals surface area (Å²) in [5.41, 5.74) is 1.17. The van der Waals surface area contributed by atoms with Crippen molar-refractivity contribution in [3.05, 3.63) is 29.8 Å². The van der Waals surface area contributed by atoms with Crippen LogP contribution in [-0.2, 0) is 0 Å². The lowest BCUT2D eigenvalue weighted by atomic mass is 10.1. The summed E-state index contributed by atoms with van der Waals surface area (Å²) in [6.07, 6.45) is 10.7. The van der Waals surface area contributed by atoms with E-state index in [9.17, 15) is 0 Å². The third kappa shape index (κ3) is 10.3. The van der Waals surface area contributed by atoms with Gasteiger partial charge in [0.05, 0.1) is 8.07 Å². The number of hydrogen-bond acceptors (Lipinski definition) is 1. The Morgan fingerprint density at radius 2 is 1.42 bits per heavy atom. The SMILES string of the molecule is CCSCCCCCCCCCC#Cc1ccc([Si](C)(C)C)cc1. The van der Waals surface area contributed by atoms with Gasteiger partial charge in [-0.05, 0) is 36.5 Å². The van der Waals surface area contributed by atoms with E-state index >= 15 is 0 Å². The minimum absolute atomic E-state index is 1.04. The molecular weight excluding hydrogens is 324 g/mol. The highest BCUT2D eigenvalue weighted by Crippen LogP contribution is 2.11. The minimum Gasteiger partial charge on any atom is -0.162 e. The van der Waals surface area contributed by atoms with Gasteiger partial charge in [0.15, 0.2) is 0 Å². The first-order valence-corrected chi connectivity index (χ1v) is 14.4. The average Bonchev–Trinajstić information content (AvgIpc) is 2.55. The van der Waals surface area contributed by atoms with Gasteiger partial charge in [0, 0.05) is 12.0 Å². The van der Waals surface area contributed by atoms with Crippen molar-refractivity contribution in [3.63, 3.8) is 0 Å². The molecule has 0 fully saturated rings. The van der Waals surface area contributed by atoms with E-state index in [1.54, 1.807) is 0 Å². The maximum absolute atomic E-state index is 3.34. The van der Waals surface area contributed by atoms with Gasteiger partial charge in [0.25, 0.3) is 0 Å². The van der Waals surface area contributed by atoms with Crippen LogP contribution in [0.2, 0.25) is 19.6 Å². The number of thioether (sulfide) groups is 1. The topological polar surface area (TPSA) is 0 Å². The molecule has 0 aliphatic rings. The molecule has 0 heterocycles. The maximum atomic E-state index is 3.34. The van der Waals surface area contributed by atoms with Crippen molar-refractivity contribution in [1.82, 2.24) is 0 Å². The molecule has 0 atom stereocenters. The van der Waals surface area contributed by atoms with E-state index in [0.29, 0.717) is 0 Å². The summed E-state index contributed by atoms with van der Waals surface area (Å²) in [6, 6.07) is 8.93. The molecule has 0 saturated heterocycles. The highest BCUT2D eigenvalue weighted by Gasteiger charge is 2.15. The van der Waals surface area contributed by atoms with Crippen LogP contribution in [-0.4, -0.2) is 19.6 Å². The van der Waals surface area contributed by atoms with Crippen molar-refractivity contribution >= 4 is 25.0 Å². The zero-order valence-electron chi connectivity index (χ0n) is 16.3. The van der Waals surface area contributed by atoms with E-state index in [2.05, 4.69) is 74.4 Å². The Balaban J connectivity index is 2.07. The third-order valence-electron chi connectivity index (χ3n) is 4.28. The van der Waals surface area contributed by atoms with Crippen molar-refractivity contribution in [2.75, 3.05) is 11.5 Å². The van der Waals surface area contributed by atoms with Gasteiger partial charge in [0.2, 0.25) is 0 Å². The quantitative estimate of drug-likeness (QED) is 0.248. The molecule has 0 nitrogen and oxygen atoms in total. The van der Waals surface area contributed by atoms with Crippen LogP contribution in [0.1, 0.15) is 63.9 Å². The standard InChI is InChI=1S/C22H36SSi/c1-5-23-20-14-12-10-8-6-7-9-11-13-15-21-16-18-22(19-17-21)24(2,3)4/h16-19H,5-12,14,20H2,1-4H3. The van der Waals surface area contributed by atoms with E-state index in [4.69, 9.17) is 0 Å². The predicted molar refractivity (Wildman–Crippen MR) is 116 cm³/mol. The number of hydrogen-bond donors (Lipinski definition) is 0. The van der Waals surface area contributed by atoms with E-state index in [0.717, 1.165) is 6.42 Å². The number of rotatable bonds is 11. The zero-order valence-corrected chi connectivity index (χ0v) is 18.1. The summed E-state index contributed by atoms with van der Waals surface area (Å²) in [7, 11) is -1.18. The fourth-order valence-electron chi connectivity index (χ4n) is 2.66. The first-order valence-electron chi connectivity index (χ1n) is 9.71. The molecule has 1 rings (SSSR count). The molecule has 24 heavy (non-hydrogen) atoms. The van der Waals surface area contributed by atoms with Gasteiger partial charge in [-0.15, -0.1) is 0 Å². The predicted octanol–water partition coefficient (Wildman–Crippen LogP) is 6.46. The lowest BCUT2D eigenvalue weighted by Crippen LogP contribution is -2.37. The second-order valence-corrected chi connectivity index (χ2v) is 14.0. The van der Waals surface area contributed by atoms with Crippen molar-refractivity contribution in [2.24, 2.45) is 0 Å². The van der Waals surface area contributed by atoms with Gasteiger partial charge < -0.3 is 0 Å². The van der Waals surface area contributed by atoms with Crippen LogP contribution in [0.4, 0.5) is 0 Å². The average molecular weight is 361 g/mol. The monoisotopic (exact) mass is 360 g/mol. The molecule has 134 valence electrons. The molecule has 0 aliphatic carbocycles. The summed E-state index contributed by atoms with van der Waals surface area (Å²) < 4.78 is 0. The van der Waals surface area contributed by atoms with Gasteiger partial charge in [-0.25, -0.2) is 0 Å². The van der Waals surface area contributed by atoms with E-state index in [1.807, 2.05) is 0 Å². The smallest absolute Gasteiger partial charge is 0.0775 e. The summed E-state index contributed by atoms with van der Waals surface area (Å²) >= 11 is 2.07. The Hall–Kier alpha value is -0.653. The summed E-state index contributed by atoms with van der Waals surface area (Å²) in [5.74, 6) is 9.28. The zero-order chi connectivity index (χ0) is 17.7. The molecule has 0 aromatic heterocycles. The fourth-order valence-corrected chi connectivity index (χ4v) is 4.53. The van der Waals surface area contributed by atoms with Crippen LogP contribution < -0.4 is 5.19 Å².